The summed E-state index contributed by atoms with van der Waals surface area (Å²) < 4.78 is 11.4. The van der Waals surface area contributed by atoms with Crippen LogP contribution in [-0.4, -0.2) is 50.9 Å². The molecule has 1 amide bonds. The van der Waals surface area contributed by atoms with Crippen molar-refractivity contribution in [3.63, 3.8) is 0 Å². The number of rotatable bonds is 3. The third-order valence-corrected chi connectivity index (χ3v) is 4.29. The highest BCUT2D eigenvalue weighted by molar-refractivity contribution is 6.05. The average Bonchev–Trinajstić information content (AvgIpc) is 3.30. The van der Waals surface area contributed by atoms with E-state index in [2.05, 4.69) is 20.4 Å². The normalized spacial score (nSPS) is 18.2. The summed E-state index contributed by atoms with van der Waals surface area (Å²) in [6.45, 7) is 5.29. The predicted molar refractivity (Wildman–Crippen MR) is 89.1 cm³/mol. The van der Waals surface area contributed by atoms with E-state index in [4.69, 9.17) is 9.15 Å². The highest BCUT2D eigenvalue weighted by Crippen LogP contribution is 2.25. The Morgan fingerprint density at radius 1 is 1.36 bits per heavy atom. The number of carbonyl (C=O) groups is 1. The van der Waals surface area contributed by atoms with E-state index >= 15 is 0 Å². The van der Waals surface area contributed by atoms with Gasteiger partial charge in [-0.3, -0.25) is 9.89 Å². The second-order valence-electron chi connectivity index (χ2n) is 6.38. The fourth-order valence-corrected chi connectivity index (χ4v) is 2.91. The first-order valence-corrected chi connectivity index (χ1v) is 8.29. The zero-order valence-electron chi connectivity index (χ0n) is 14.1. The molecule has 25 heavy (non-hydrogen) atoms. The molecule has 0 bridgehead atoms. The zero-order chi connectivity index (χ0) is 17.4. The minimum atomic E-state index is -0.404. The van der Waals surface area contributed by atoms with E-state index in [1.807, 2.05) is 26.0 Å². The second-order valence-corrected chi connectivity index (χ2v) is 6.38. The van der Waals surface area contributed by atoms with Crippen LogP contribution in [0.2, 0.25) is 0 Å². The van der Waals surface area contributed by atoms with Crippen molar-refractivity contribution in [2.75, 3.05) is 19.7 Å². The third-order valence-electron chi connectivity index (χ3n) is 4.29. The van der Waals surface area contributed by atoms with Crippen LogP contribution in [0.4, 0.5) is 0 Å². The summed E-state index contributed by atoms with van der Waals surface area (Å²) in [7, 11) is 0. The van der Waals surface area contributed by atoms with Crippen molar-refractivity contribution in [2.24, 2.45) is 0 Å². The van der Waals surface area contributed by atoms with E-state index in [0.717, 1.165) is 10.9 Å². The quantitative estimate of drug-likeness (QED) is 0.785. The van der Waals surface area contributed by atoms with Gasteiger partial charge in [0, 0.05) is 17.8 Å². The largest absolute Gasteiger partial charge is 0.422 e. The molecule has 1 aromatic carbocycles. The summed E-state index contributed by atoms with van der Waals surface area (Å²) in [4.78, 5) is 14.7. The number of morpholine rings is 1. The van der Waals surface area contributed by atoms with Crippen molar-refractivity contribution < 1.29 is 13.9 Å². The molecule has 3 aromatic rings. The molecule has 1 aliphatic heterocycles. The topological polar surface area (TPSA) is 97.1 Å². The van der Waals surface area contributed by atoms with Gasteiger partial charge in [0.2, 0.25) is 11.8 Å². The first kappa shape index (κ1) is 15.8. The fourth-order valence-electron chi connectivity index (χ4n) is 2.91. The monoisotopic (exact) mass is 341 g/mol. The first-order valence-electron chi connectivity index (χ1n) is 8.29. The zero-order valence-corrected chi connectivity index (χ0v) is 14.1. The van der Waals surface area contributed by atoms with Crippen molar-refractivity contribution in [2.45, 2.75) is 25.9 Å². The summed E-state index contributed by atoms with van der Waals surface area (Å²) >= 11 is 0. The molecule has 1 atom stereocenters. The molecule has 4 rings (SSSR count). The number of hydrogen-bond donors (Lipinski definition) is 1. The maximum absolute atomic E-state index is 13.0. The van der Waals surface area contributed by atoms with Gasteiger partial charge >= 0.3 is 0 Å². The Balaban J connectivity index is 1.56. The number of aromatic nitrogens is 4. The van der Waals surface area contributed by atoms with Gasteiger partial charge in [0.25, 0.3) is 5.91 Å². The van der Waals surface area contributed by atoms with Crippen LogP contribution in [0.3, 0.4) is 0 Å². The van der Waals surface area contributed by atoms with Crippen molar-refractivity contribution >= 4 is 16.8 Å². The van der Waals surface area contributed by atoms with E-state index < -0.39 is 6.10 Å². The van der Waals surface area contributed by atoms with Crippen LogP contribution in [0.15, 0.2) is 28.8 Å². The molecule has 130 valence electrons. The van der Waals surface area contributed by atoms with Crippen LogP contribution in [-0.2, 0) is 4.74 Å². The lowest BCUT2D eigenvalue weighted by atomic mass is 10.1. The van der Waals surface area contributed by atoms with Gasteiger partial charge in [0.15, 0.2) is 6.10 Å². The van der Waals surface area contributed by atoms with E-state index in [0.29, 0.717) is 37.0 Å². The van der Waals surface area contributed by atoms with E-state index in [9.17, 15) is 4.79 Å². The summed E-state index contributed by atoms with van der Waals surface area (Å²) in [6.07, 6.45) is 1.30. The van der Waals surface area contributed by atoms with Gasteiger partial charge in [-0.15, -0.1) is 10.2 Å². The number of nitrogens with one attached hydrogen (secondary N) is 1. The highest BCUT2D eigenvalue weighted by atomic mass is 16.5. The minimum absolute atomic E-state index is 0.0632. The van der Waals surface area contributed by atoms with Gasteiger partial charge in [0.05, 0.1) is 30.4 Å². The van der Waals surface area contributed by atoms with Crippen molar-refractivity contribution in [1.82, 2.24) is 25.3 Å². The van der Waals surface area contributed by atoms with Crippen LogP contribution in [0.25, 0.3) is 10.9 Å². The van der Waals surface area contributed by atoms with Crippen LogP contribution in [0.5, 0.6) is 0 Å². The SMILES string of the molecule is CC(C)c1nnc([C@H]2CN(C(=O)c3cccc4cn[nH]c34)CCO2)o1. The van der Waals surface area contributed by atoms with Gasteiger partial charge in [-0.2, -0.15) is 5.10 Å². The van der Waals surface area contributed by atoms with E-state index in [1.165, 1.54) is 0 Å². The first-order chi connectivity index (χ1) is 12.1. The lowest BCUT2D eigenvalue weighted by molar-refractivity contribution is -0.0350. The second kappa shape index (κ2) is 6.29. The lowest BCUT2D eigenvalue weighted by Crippen LogP contribution is -2.42. The standard InChI is InChI=1S/C17H19N5O3/c1-10(2)15-20-21-16(25-15)13-9-22(6-7-24-13)17(23)12-5-3-4-11-8-18-19-14(11)12/h3-5,8,10,13H,6-7,9H2,1-2H3,(H,18,19)/t13-/m1/s1. The van der Waals surface area contributed by atoms with E-state index in [1.54, 1.807) is 17.2 Å². The Hall–Kier alpha value is -2.74. The molecule has 0 radical (unpaired) electrons. The molecule has 8 heteroatoms. The molecule has 3 heterocycles. The van der Waals surface area contributed by atoms with Crippen molar-refractivity contribution in [1.29, 1.82) is 0 Å². The number of nitrogens with zero attached hydrogens (tertiary/aromatic N) is 4. The number of aromatic amines is 1. The number of benzene rings is 1. The van der Waals surface area contributed by atoms with Gasteiger partial charge in [-0.05, 0) is 6.07 Å². The van der Waals surface area contributed by atoms with Crippen LogP contribution in [0, 0.1) is 0 Å². The Bertz CT molecular complexity index is 900. The smallest absolute Gasteiger partial charge is 0.256 e. The molecule has 0 saturated carbocycles. The lowest BCUT2D eigenvalue weighted by Gasteiger charge is -2.31. The molecule has 1 saturated heterocycles. The average molecular weight is 341 g/mol. The van der Waals surface area contributed by atoms with Gasteiger partial charge in [-0.1, -0.05) is 26.0 Å². The van der Waals surface area contributed by atoms with Crippen LogP contribution >= 0.6 is 0 Å². The van der Waals surface area contributed by atoms with Crippen LogP contribution < -0.4 is 0 Å². The van der Waals surface area contributed by atoms with Crippen LogP contribution in [0.1, 0.15) is 48.0 Å². The number of fused-ring (bicyclic) bond motifs is 1. The van der Waals surface area contributed by atoms with Gasteiger partial charge in [-0.25, -0.2) is 0 Å². The number of H-pyrrole nitrogens is 1. The Kier molecular flexibility index (Phi) is 3.96. The fraction of sp³-hybridized carbons (Fsp3) is 0.412. The van der Waals surface area contributed by atoms with E-state index in [-0.39, 0.29) is 11.8 Å². The molecular formula is C17H19N5O3. The molecular weight excluding hydrogens is 322 g/mol. The van der Waals surface area contributed by atoms with Gasteiger partial charge < -0.3 is 14.1 Å². The van der Waals surface area contributed by atoms with Crippen molar-refractivity contribution in [3.05, 3.63) is 41.7 Å². The Morgan fingerprint density at radius 3 is 3.04 bits per heavy atom. The maximum atomic E-state index is 13.0. The van der Waals surface area contributed by atoms with Gasteiger partial charge in [0.1, 0.15) is 0 Å². The van der Waals surface area contributed by atoms with Crippen molar-refractivity contribution in [3.8, 4) is 0 Å². The minimum Gasteiger partial charge on any atom is -0.422 e. The predicted octanol–water partition coefficient (Wildman–Crippen LogP) is 2.28. The summed E-state index contributed by atoms with van der Waals surface area (Å²) in [6, 6.07) is 5.58. The molecule has 8 nitrogen and oxygen atoms in total. The third kappa shape index (κ3) is 2.89. The number of hydrogen-bond acceptors (Lipinski definition) is 6. The molecule has 0 aliphatic carbocycles. The molecule has 2 aromatic heterocycles. The summed E-state index contributed by atoms with van der Waals surface area (Å²) in [5.41, 5.74) is 1.35. The molecule has 1 aliphatic rings. The number of amides is 1. The highest BCUT2D eigenvalue weighted by Gasteiger charge is 2.30. The molecule has 1 fully saturated rings. The number of para-hydroxylation sites is 1. The molecule has 0 unspecified atom stereocenters. The maximum Gasteiger partial charge on any atom is 0.256 e. The number of carbonyl (C=O) groups excluding carboxylic acids is 1. The summed E-state index contributed by atoms with van der Waals surface area (Å²) in [5, 5.41) is 15.9. The Labute approximate surface area is 144 Å². The Morgan fingerprint density at radius 2 is 2.24 bits per heavy atom. The molecule has 0 spiro atoms. The molecule has 1 N–H and O–H groups in total. The summed E-state index contributed by atoms with van der Waals surface area (Å²) in [5.74, 6) is 1.08. The number of ether oxygens (including phenoxy) is 1.